The zero-order valence-electron chi connectivity index (χ0n) is 21.2. The summed E-state index contributed by atoms with van der Waals surface area (Å²) in [6.45, 7) is 5.66. The van der Waals surface area contributed by atoms with Crippen molar-refractivity contribution < 1.29 is 19.1 Å². The Morgan fingerprint density at radius 3 is 2.31 bits per heavy atom. The Labute approximate surface area is 226 Å². The van der Waals surface area contributed by atoms with Crippen LogP contribution in [-0.2, 0) is 17.8 Å². The molecule has 3 rings (SSSR count). The van der Waals surface area contributed by atoms with Crippen LogP contribution in [0.4, 0.5) is 0 Å². The fourth-order valence-corrected chi connectivity index (χ4v) is 4.86. The van der Waals surface area contributed by atoms with E-state index in [0.29, 0.717) is 43.1 Å². The van der Waals surface area contributed by atoms with Gasteiger partial charge in [0.25, 0.3) is 5.91 Å². The molecule has 0 saturated heterocycles. The third kappa shape index (κ3) is 7.83. The van der Waals surface area contributed by atoms with Gasteiger partial charge in [0.15, 0.2) is 11.5 Å². The van der Waals surface area contributed by atoms with Crippen molar-refractivity contribution in [3.8, 4) is 11.5 Å². The highest BCUT2D eigenvalue weighted by Gasteiger charge is 2.23. The molecule has 0 unspecified atom stereocenters. The van der Waals surface area contributed by atoms with Crippen molar-refractivity contribution in [2.75, 3.05) is 33.9 Å². The van der Waals surface area contributed by atoms with Crippen molar-refractivity contribution in [3.05, 3.63) is 80.5 Å². The summed E-state index contributed by atoms with van der Waals surface area (Å²) in [7, 11) is 3.22. The van der Waals surface area contributed by atoms with Crippen LogP contribution < -0.4 is 9.47 Å². The van der Waals surface area contributed by atoms with Crippen LogP contribution in [0.15, 0.2) is 64.5 Å². The average Bonchev–Trinajstić information content (AvgIpc) is 3.38. The number of benzene rings is 2. The van der Waals surface area contributed by atoms with Gasteiger partial charge in [0.2, 0.25) is 5.91 Å². The van der Waals surface area contributed by atoms with Crippen LogP contribution in [0.1, 0.15) is 34.6 Å². The Bertz CT molecular complexity index is 1130. The van der Waals surface area contributed by atoms with E-state index in [0.717, 1.165) is 14.9 Å². The first-order chi connectivity index (χ1) is 17.3. The minimum absolute atomic E-state index is 0.0321. The first-order valence-corrected chi connectivity index (χ1v) is 13.5. The number of amides is 2. The van der Waals surface area contributed by atoms with Crippen molar-refractivity contribution in [3.63, 3.8) is 0 Å². The fraction of sp³-hybridized carbons (Fsp3) is 0.357. The molecule has 192 valence electrons. The molecule has 0 aliphatic heterocycles. The number of carbonyl (C=O) groups is 2. The number of hydrogen-bond donors (Lipinski definition) is 0. The molecule has 0 radical (unpaired) electrons. The van der Waals surface area contributed by atoms with Gasteiger partial charge < -0.3 is 19.3 Å². The molecule has 0 fully saturated rings. The highest BCUT2D eigenvalue weighted by atomic mass is 79.9. The third-order valence-corrected chi connectivity index (χ3v) is 7.08. The van der Waals surface area contributed by atoms with Crippen molar-refractivity contribution in [1.29, 1.82) is 0 Å². The quantitative estimate of drug-likeness (QED) is 0.271. The predicted octanol–water partition coefficient (Wildman–Crippen LogP) is 5.90. The normalized spacial score (nSPS) is 10.8. The standard InChI is InChI=1S/C28H33BrN2O4S/c1-20(2)17-31(28(33)22-8-10-23(29)11-9-22)19-27(32)30(18-24-6-5-15-36-24)14-13-21-7-12-25(34-3)26(16-21)35-4/h5-12,15-16,20H,13-14,17-19H2,1-4H3. The molecule has 0 bridgehead atoms. The van der Waals surface area contributed by atoms with E-state index < -0.39 is 0 Å². The number of nitrogens with zero attached hydrogens (tertiary/aromatic N) is 2. The summed E-state index contributed by atoms with van der Waals surface area (Å²) >= 11 is 5.03. The lowest BCUT2D eigenvalue weighted by molar-refractivity contribution is -0.132. The van der Waals surface area contributed by atoms with Gasteiger partial charge in [-0.3, -0.25) is 9.59 Å². The van der Waals surface area contributed by atoms with E-state index >= 15 is 0 Å². The zero-order chi connectivity index (χ0) is 26.1. The van der Waals surface area contributed by atoms with Gasteiger partial charge in [-0.25, -0.2) is 0 Å². The van der Waals surface area contributed by atoms with Crippen LogP contribution in [0.5, 0.6) is 11.5 Å². The van der Waals surface area contributed by atoms with Crippen molar-refractivity contribution in [1.82, 2.24) is 9.80 Å². The molecule has 36 heavy (non-hydrogen) atoms. The highest BCUT2D eigenvalue weighted by Crippen LogP contribution is 2.28. The Morgan fingerprint density at radius 2 is 1.69 bits per heavy atom. The van der Waals surface area contributed by atoms with Crippen molar-refractivity contribution in [2.45, 2.75) is 26.8 Å². The second-order valence-electron chi connectivity index (χ2n) is 8.92. The fourth-order valence-electron chi connectivity index (χ4n) is 3.88. The number of thiophene rings is 1. The number of hydrogen-bond acceptors (Lipinski definition) is 5. The summed E-state index contributed by atoms with van der Waals surface area (Å²) in [5.74, 6) is 1.35. The number of methoxy groups -OCH3 is 2. The van der Waals surface area contributed by atoms with Gasteiger partial charge in [-0.2, -0.15) is 0 Å². The number of rotatable bonds is 12. The Kier molecular flexibility index (Phi) is 10.4. The third-order valence-electron chi connectivity index (χ3n) is 5.69. The second kappa shape index (κ2) is 13.5. The molecule has 0 atom stereocenters. The topological polar surface area (TPSA) is 59.1 Å². The van der Waals surface area contributed by atoms with Gasteiger partial charge in [0.1, 0.15) is 6.54 Å². The summed E-state index contributed by atoms with van der Waals surface area (Å²) in [5.41, 5.74) is 1.61. The lowest BCUT2D eigenvalue weighted by Crippen LogP contribution is -2.44. The minimum atomic E-state index is -0.138. The first kappa shape index (κ1) is 27.7. The molecule has 6 nitrogen and oxygen atoms in total. The largest absolute Gasteiger partial charge is 0.493 e. The molecule has 1 heterocycles. The van der Waals surface area contributed by atoms with Gasteiger partial charge in [-0.05, 0) is 65.7 Å². The van der Waals surface area contributed by atoms with E-state index in [-0.39, 0.29) is 24.3 Å². The number of carbonyl (C=O) groups excluding carboxylic acids is 2. The van der Waals surface area contributed by atoms with Crippen molar-refractivity contribution in [2.24, 2.45) is 5.92 Å². The maximum atomic E-state index is 13.6. The van der Waals surface area contributed by atoms with Gasteiger partial charge in [-0.15, -0.1) is 11.3 Å². The molecule has 0 aliphatic rings. The molecular weight excluding hydrogens is 540 g/mol. The van der Waals surface area contributed by atoms with E-state index in [1.165, 1.54) is 0 Å². The molecule has 0 saturated carbocycles. The lowest BCUT2D eigenvalue weighted by atomic mass is 10.1. The van der Waals surface area contributed by atoms with Gasteiger partial charge in [0.05, 0.1) is 20.8 Å². The van der Waals surface area contributed by atoms with Crippen molar-refractivity contribution >= 4 is 39.1 Å². The van der Waals surface area contributed by atoms with E-state index in [4.69, 9.17) is 9.47 Å². The maximum Gasteiger partial charge on any atom is 0.254 e. The molecule has 2 aromatic carbocycles. The lowest BCUT2D eigenvalue weighted by Gasteiger charge is -2.29. The second-order valence-corrected chi connectivity index (χ2v) is 10.9. The number of halogens is 1. The average molecular weight is 574 g/mol. The van der Waals surface area contributed by atoms with Crippen LogP contribution >= 0.6 is 27.3 Å². The van der Waals surface area contributed by atoms with E-state index in [1.54, 1.807) is 42.6 Å². The maximum absolute atomic E-state index is 13.6. The highest BCUT2D eigenvalue weighted by molar-refractivity contribution is 9.10. The number of ether oxygens (including phenoxy) is 2. The SMILES string of the molecule is COc1ccc(CCN(Cc2cccs2)C(=O)CN(CC(C)C)C(=O)c2ccc(Br)cc2)cc1OC. The molecule has 0 N–H and O–H groups in total. The van der Waals surface area contributed by atoms with Gasteiger partial charge in [0, 0.05) is 28.0 Å². The molecule has 2 amide bonds. The molecule has 8 heteroatoms. The van der Waals surface area contributed by atoms with E-state index in [1.807, 2.05) is 66.6 Å². The molecule has 0 spiro atoms. The minimum Gasteiger partial charge on any atom is -0.493 e. The summed E-state index contributed by atoms with van der Waals surface area (Å²) in [6, 6.07) is 17.1. The smallest absolute Gasteiger partial charge is 0.254 e. The van der Waals surface area contributed by atoms with Crippen LogP contribution in [0.25, 0.3) is 0 Å². The summed E-state index contributed by atoms with van der Waals surface area (Å²) < 4.78 is 11.7. The Balaban J connectivity index is 1.77. The first-order valence-electron chi connectivity index (χ1n) is 11.9. The van der Waals surface area contributed by atoms with Gasteiger partial charge in [-0.1, -0.05) is 41.9 Å². The Hall–Kier alpha value is -2.84. The molecular formula is C28H33BrN2O4S. The zero-order valence-corrected chi connectivity index (χ0v) is 23.6. The molecule has 0 aliphatic carbocycles. The van der Waals surface area contributed by atoms with E-state index in [9.17, 15) is 9.59 Å². The molecule has 1 aromatic heterocycles. The van der Waals surface area contributed by atoms with Gasteiger partial charge >= 0.3 is 0 Å². The summed E-state index contributed by atoms with van der Waals surface area (Å²) in [4.78, 5) is 31.5. The van der Waals surface area contributed by atoms with Crippen LogP contribution in [0, 0.1) is 5.92 Å². The van der Waals surface area contributed by atoms with E-state index in [2.05, 4.69) is 15.9 Å². The van der Waals surface area contributed by atoms with Crippen LogP contribution in [0.3, 0.4) is 0 Å². The summed E-state index contributed by atoms with van der Waals surface area (Å²) in [5, 5.41) is 2.01. The van der Waals surface area contributed by atoms with Crippen LogP contribution in [-0.4, -0.2) is 55.5 Å². The monoisotopic (exact) mass is 572 g/mol. The molecule has 3 aromatic rings. The predicted molar refractivity (Wildman–Crippen MR) is 148 cm³/mol. The summed E-state index contributed by atoms with van der Waals surface area (Å²) in [6.07, 6.45) is 0.655. The Morgan fingerprint density at radius 1 is 0.972 bits per heavy atom. The van der Waals surface area contributed by atoms with Crippen LogP contribution in [0.2, 0.25) is 0 Å².